The molecule has 1 atom stereocenters. The van der Waals surface area contributed by atoms with Crippen LogP contribution in [0.2, 0.25) is 0 Å². The van der Waals surface area contributed by atoms with Gasteiger partial charge in [-0.1, -0.05) is 23.8 Å². The molecule has 1 unspecified atom stereocenters. The molecule has 0 aliphatic carbocycles. The highest BCUT2D eigenvalue weighted by molar-refractivity contribution is 5.61. The van der Waals surface area contributed by atoms with Gasteiger partial charge in [0.25, 0.3) is 0 Å². The Morgan fingerprint density at radius 2 is 2.06 bits per heavy atom. The molecule has 3 nitrogen and oxygen atoms in total. The van der Waals surface area contributed by atoms with E-state index in [1.54, 1.807) is 0 Å². The standard InChI is InChI=1S/C14H19N3/c1-10-6-5-7-12(8-10)14-9-13(11(2)15-3)16-17(14)4/h5-9,11,15H,1-4H3. The molecule has 0 saturated heterocycles. The van der Waals surface area contributed by atoms with E-state index < -0.39 is 0 Å². The first kappa shape index (κ1) is 11.9. The molecule has 0 radical (unpaired) electrons. The van der Waals surface area contributed by atoms with Gasteiger partial charge in [0.05, 0.1) is 11.4 Å². The Bertz CT molecular complexity index is 514. The van der Waals surface area contributed by atoms with Crippen LogP contribution in [-0.4, -0.2) is 16.8 Å². The topological polar surface area (TPSA) is 29.9 Å². The fourth-order valence-electron chi connectivity index (χ4n) is 1.92. The van der Waals surface area contributed by atoms with Crippen LogP contribution < -0.4 is 5.32 Å². The van der Waals surface area contributed by atoms with E-state index in [2.05, 4.69) is 54.6 Å². The van der Waals surface area contributed by atoms with Crippen LogP contribution >= 0.6 is 0 Å². The molecule has 1 aromatic carbocycles. The van der Waals surface area contributed by atoms with Gasteiger partial charge in [-0.15, -0.1) is 0 Å². The van der Waals surface area contributed by atoms with Gasteiger partial charge in [0.2, 0.25) is 0 Å². The molecular weight excluding hydrogens is 210 g/mol. The van der Waals surface area contributed by atoms with Crippen molar-refractivity contribution in [1.82, 2.24) is 15.1 Å². The highest BCUT2D eigenvalue weighted by atomic mass is 15.3. The summed E-state index contributed by atoms with van der Waals surface area (Å²) >= 11 is 0. The normalized spacial score (nSPS) is 12.7. The number of nitrogens with zero attached hydrogens (tertiary/aromatic N) is 2. The second-order valence-corrected chi connectivity index (χ2v) is 4.46. The highest BCUT2D eigenvalue weighted by Crippen LogP contribution is 2.23. The van der Waals surface area contributed by atoms with Crippen molar-refractivity contribution in [2.45, 2.75) is 19.9 Å². The molecular formula is C14H19N3. The van der Waals surface area contributed by atoms with Crippen LogP contribution in [0.1, 0.15) is 24.2 Å². The van der Waals surface area contributed by atoms with E-state index in [-0.39, 0.29) is 6.04 Å². The Balaban J connectivity index is 2.42. The van der Waals surface area contributed by atoms with E-state index >= 15 is 0 Å². The van der Waals surface area contributed by atoms with E-state index in [4.69, 9.17) is 0 Å². The smallest absolute Gasteiger partial charge is 0.0797 e. The minimum atomic E-state index is 0.278. The third-order valence-electron chi connectivity index (χ3n) is 3.09. The average Bonchev–Trinajstić information content (AvgIpc) is 2.70. The molecule has 90 valence electrons. The highest BCUT2D eigenvalue weighted by Gasteiger charge is 2.11. The van der Waals surface area contributed by atoms with Crippen molar-refractivity contribution < 1.29 is 0 Å². The van der Waals surface area contributed by atoms with Crippen LogP contribution in [0, 0.1) is 6.92 Å². The fraction of sp³-hybridized carbons (Fsp3) is 0.357. The second-order valence-electron chi connectivity index (χ2n) is 4.46. The average molecular weight is 229 g/mol. The van der Waals surface area contributed by atoms with Crippen molar-refractivity contribution >= 4 is 0 Å². The van der Waals surface area contributed by atoms with Gasteiger partial charge in [-0.25, -0.2) is 0 Å². The molecule has 0 saturated carbocycles. The summed E-state index contributed by atoms with van der Waals surface area (Å²) in [4.78, 5) is 0. The molecule has 2 rings (SSSR count). The van der Waals surface area contributed by atoms with Gasteiger partial charge in [0.15, 0.2) is 0 Å². The van der Waals surface area contributed by atoms with Gasteiger partial charge in [-0.2, -0.15) is 5.10 Å². The second kappa shape index (κ2) is 4.72. The number of hydrogen-bond donors (Lipinski definition) is 1. The molecule has 17 heavy (non-hydrogen) atoms. The van der Waals surface area contributed by atoms with Gasteiger partial charge in [-0.3, -0.25) is 4.68 Å². The summed E-state index contributed by atoms with van der Waals surface area (Å²) in [5, 5.41) is 7.75. The lowest BCUT2D eigenvalue weighted by molar-refractivity contribution is 0.612. The Labute approximate surface area is 102 Å². The molecule has 0 aliphatic rings. The minimum Gasteiger partial charge on any atom is -0.312 e. The molecule has 0 amide bonds. The molecule has 0 spiro atoms. The van der Waals surface area contributed by atoms with Gasteiger partial charge < -0.3 is 5.32 Å². The SMILES string of the molecule is CNC(C)c1cc(-c2cccc(C)c2)n(C)n1. The predicted octanol–water partition coefficient (Wildman–Crippen LogP) is 2.68. The summed E-state index contributed by atoms with van der Waals surface area (Å²) in [6.07, 6.45) is 0. The Morgan fingerprint density at radius 1 is 1.29 bits per heavy atom. The van der Waals surface area contributed by atoms with Crippen molar-refractivity contribution in [3.63, 3.8) is 0 Å². The van der Waals surface area contributed by atoms with Crippen LogP contribution in [0.25, 0.3) is 11.3 Å². The zero-order valence-electron chi connectivity index (χ0n) is 10.9. The van der Waals surface area contributed by atoms with Crippen LogP contribution in [0.5, 0.6) is 0 Å². The zero-order chi connectivity index (χ0) is 12.4. The van der Waals surface area contributed by atoms with Gasteiger partial charge in [0, 0.05) is 18.7 Å². The molecule has 0 fully saturated rings. The Morgan fingerprint density at radius 3 is 2.71 bits per heavy atom. The summed E-state index contributed by atoms with van der Waals surface area (Å²) in [6.45, 7) is 4.22. The van der Waals surface area contributed by atoms with Crippen LogP contribution in [0.4, 0.5) is 0 Å². The van der Waals surface area contributed by atoms with E-state index in [0.29, 0.717) is 0 Å². The monoisotopic (exact) mass is 229 g/mol. The minimum absolute atomic E-state index is 0.278. The molecule has 0 bridgehead atoms. The maximum atomic E-state index is 4.54. The molecule has 1 aromatic heterocycles. The van der Waals surface area contributed by atoms with Crippen molar-refractivity contribution in [2.24, 2.45) is 7.05 Å². The van der Waals surface area contributed by atoms with E-state index in [0.717, 1.165) is 11.4 Å². The number of benzene rings is 1. The van der Waals surface area contributed by atoms with Crippen LogP contribution in [0.3, 0.4) is 0 Å². The van der Waals surface area contributed by atoms with E-state index in [1.807, 2.05) is 18.8 Å². The van der Waals surface area contributed by atoms with Gasteiger partial charge in [-0.05, 0) is 33.0 Å². The third kappa shape index (κ3) is 2.39. The summed E-state index contributed by atoms with van der Waals surface area (Å²) in [5.41, 5.74) is 4.72. The first-order valence-corrected chi connectivity index (χ1v) is 5.90. The number of nitrogens with one attached hydrogen (secondary N) is 1. The van der Waals surface area contributed by atoms with E-state index in [9.17, 15) is 0 Å². The molecule has 2 aromatic rings. The van der Waals surface area contributed by atoms with Gasteiger partial charge >= 0.3 is 0 Å². The number of aromatic nitrogens is 2. The quantitative estimate of drug-likeness (QED) is 0.877. The predicted molar refractivity (Wildman–Crippen MR) is 70.9 cm³/mol. The Kier molecular flexibility index (Phi) is 3.29. The summed E-state index contributed by atoms with van der Waals surface area (Å²) in [7, 11) is 3.94. The summed E-state index contributed by atoms with van der Waals surface area (Å²) in [6, 6.07) is 10.9. The first-order valence-electron chi connectivity index (χ1n) is 5.90. The van der Waals surface area contributed by atoms with Crippen LogP contribution in [-0.2, 0) is 7.05 Å². The van der Waals surface area contributed by atoms with Crippen molar-refractivity contribution in [3.05, 3.63) is 41.6 Å². The number of hydrogen-bond acceptors (Lipinski definition) is 2. The van der Waals surface area contributed by atoms with Crippen molar-refractivity contribution in [1.29, 1.82) is 0 Å². The molecule has 1 heterocycles. The van der Waals surface area contributed by atoms with Crippen molar-refractivity contribution in [3.8, 4) is 11.3 Å². The maximum absolute atomic E-state index is 4.54. The van der Waals surface area contributed by atoms with Crippen molar-refractivity contribution in [2.75, 3.05) is 7.05 Å². The van der Waals surface area contributed by atoms with E-state index in [1.165, 1.54) is 11.1 Å². The molecule has 1 N–H and O–H groups in total. The fourth-order valence-corrected chi connectivity index (χ4v) is 1.92. The number of aryl methyl sites for hydroxylation is 2. The van der Waals surface area contributed by atoms with Gasteiger partial charge in [0.1, 0.15) is 0 Å². The number of rotatable bonds is 3. The lowest BCUT2D eigenvalue weighted by Crippen LogP contribution is -2.13. The Hall–Kier alpha value is -1.61. The molecule has 0 aliphatic heterocycles. The first-order chi connectivity index (χ1) is 8.11. The molecule has 3 heteroatoms. The lowest BCUT2D eigenvalue weighted by Gasteiger charge is -2.04. The largest absolute Gasteiger partial charge is 0.312 e. The maximum Gasteiger partial charge on any atom is 0.0797 e. The van der Waals surface area contributed by atoms with Crippen LogP contribution in [0.15, 0.2) is 30.3 Å². The zero-order valence-corrected chi connectivity index (χ0v) is 10.9. The summed E-state index contributed by atoms with van der Waals surface area (Å²) < 4.78 is 1.94. The third-order valence-corrected chi connectivity index (χ3v) is 3.09. The lowest BCUT2D eigenvalue weighted by atomic mass is 10.1. The summed E-state index contributed by atoms with van der Waals surface area (Å²) in [5.74, 6) is 0.